The first-order chi connectivity index (χ1) is 17.5. The minimum atomic E-state index is -3.45. The molecule has 1 aliphatic carbocycles. The Morgan fingerprint density at radius 3 is 2.57 bits per heavy atom. The van der Waals surface area contributed by atoms with Crippen LogP contribution in [0.3, 0.4) is 0 Å². The second-order valence-corrected chi connectivity index (χ2v) is 12.9. The predicted molar refractivity (Wildman–Crippen MR) is 144 cm³/mol. The predicted octanol–water partition coefficient (Wildman–Crippen LogP) is 2.39. The maximum Gasteiger partial charge on any atom is 0.255 e. The molecule has 0 radical (unpaired) electrons. The lowest BCUT2D eigenvalue weighted by molar-refractivity contribution is 0.0266. The van der Waals surface area contributed by atoms with Crippen LogP contribution >= 0.6 is 0 Å². The van der Waals surface area contributed by atoms with Gasteiger partial charge in [-0.1, -0.05) is 6.08 Å². The Hall–Kier alpha value is -2.34. The highest BCUT2D eigenvalue weighted by atomic mass is 32.2. The molecule has 0 bridgehead atoms. The van der Waals surface area contributed by atoms with E-state index in [1.807, 2.05) is 13.1 Å². The van der Waals surface area contributed by atoms with E-state index in [1.165, 1.54) is 5.41 Å². The fourth-order valence-corrected chi connectivity index (χ4v) is 7.32. The molecule has 37 heavy (non-hydrogen) atoms. The van der Waals surface area contributed by atoms with Crippen LogP contribution in [0.15, 0.2) is 28.5 Å². The average molecular weight is 531 g/mol. The smallest absolute Gasteiger partial charge is 0.255 e. The Bertz CT molecular complexity index is 1350. The summed E-state index contributed by atoms with van der Waals surface area (Å²) in [5, 5.41) is 16.4. The zero-order valence-electron chi connectivity index (χ0n) is 21.9. The number of fused-ring (bicyclic) bond motifs is 1. The lowest BCUT2D eigenvalue weighted by Gasteiger charge is -2.31. The largest absolute Gasteiger partial charge is 0.388 e. The van der Waals surface area contributed by atoms with Crippen molar-refractivity contribution in [1.82, 2.24) is 23.7 Å². The van der Waals surface area contributed by atoms with Gasteiger partial charge in [0.15, 0.2) is 0 Å². The molecule has 4 heterocycles. The van der Waals surface area contributed by atoms with Gasteiger partial charge in [0.05, 0.1) is 11.6 Å². The van der Waals surface area contributed by atoms with Crippen LogP contribution in [0.5, 0.6) is 0 Å². The molecule has 2 saturated heterocycles. The molecule has 10 nitrogen and oxygen atoms in total. The van der Waals surface area contributed by atoms with E-state index in [0.717, 1.165) is 37.6 Å². The van der Waals surface area contributed by atoms with E-state index in [0.29, 0.717) is 49.5 Å². The topological polar surface area (TPSA) is 121 Å². The Kier molecular flexibility index (Phi) is 7.16. The van der Waals surface area contributed by atoms with Gasteiger partial charge in [0.25, 0.3) is 5.56 Å². The second-order valence-electron chi connectivity index (χ2n) is 11.1. The minimum Gasteiger partial charge on any atom is -0.388 e. The number of likely N-dealkylation sites (N-methyl/N-ethyl adjacent to an activating group) is 1. The third-order valence-electron chi connectivity index (χ3n) is 8.34. The summed E-state index contributed by atoms with van der Waals surface area (Å²) < 4.78 is 28.9. The first-order valence-electron chi connectivity index (χ1n) is 13.3. The summed E-state index contributed by atoms with van der Waals surface area (Å²) in [4.78, 5) is 24.5. The van der Waals surface area contributed by atoms with Crippen molar-refractivity contribution in [1.29, 1.82) is 0 Å². The SMILES string of the molecule is Cc1cc2cnc(NC3CCN(S(=O)(=O)/C=C/C4CCCN4C)CC3)nc2n([C@@H]2CCC[C@@]2(C)O)c1=O. The van der Waals surface area contributed by atoms with Gasteiger partial charge in [-0.05, 0) is 78.5 Å². The number of hydrogen-bond donors (Lipinski definition) is 2. The molecule has 2 aromatic rings. The molecule has 3 atom stereocenters. The molecule has 2 aromatic heterocycles. The van der Waals surface area contributed by atoms with Crippen molar-refractivity contribution in [2.24, 2.45) is 0 Å². The highest BCUT2D eigenvalue weighted by Gasteiger charge is 2.39. The van der Waals surface area contributed by atoms with Crippen molar-refractivity contribution < 1.29 is 13.5 Å². The fourth-order valence-electron chi connectivity index (χ4n) is 6.05. The van der Waals surface area contributed by atoms with Gasteiger partial charge in [0, 0.05) is 47.7 Å². The molecule has 0 spiro atoms. The van der Waals surface area contributed by atoms with Crippen LogP contribution in [-0.2, 0) is 10.0 Å². The number of aryl methyl sites for hydroxylation is 1. The van der Waals surface area contributed by atoms with E-state index in [9.17, 15) is 18.3 Å². The number of likely N-dealkylation sites (tertiary alicyclic amines) is 1. The number of aliphatic hydroxyl groups is 1. The number of rotatable bonds is 6. The molecule has 2 N–H and O–H groups in total. The normalized spacial score (nSPS) is 28.5. The minimum absolute atomic E-state index is 0.0223. The Morgan fingerprint density at radius 1 is 1.16 bits per heavy atom. The van der Waals surface area contributed by atoms with E-state index in [2.05, 4.69) is 15.2 Å². The number of aromatic nitrogens is 3. The van der Waals surface area contributed by atoms with Crippen molar-refractivity contribution in [3.05, 3.63) is 39.7 Å². The Labute approximate surface area is 218 Å². The summed E-state index contributed by atoms with van der Waals surface area (Å²) in [6, 6.07) is 1.67. The number of anilines is 1. The maximum absolute atomic E-state index is 13.1. The summed E-state index contributed by atoms with van der Waals surface area (Å²) >= 11 is 0. The second kappa shape index (κ2) is 10.1. The number of hydrogen-bond acceptors (Lipinski definition) is 8. The van der Waals surface area contributed by atoms with Crippen LogP contribution in [0.25, 0.3) is 11.0 Å². The zero-order valence-corrected chi connectivity index (χ0v) is 22.7. The summed E-state index contributed by atoms with van der Waals surface area (Å²) in [6.45, 7) is 5.41. The molecule has 202 valence electrons. The van der Waals surface area contributed by atoms with Crippen LogP contribution in [0.1, 0.15) is 63.5 Å². The van der Waals surface area contributed by atoms with E-state index < -0.39 is 15.6 Å². The quantitative estimate of drug-likeness (QED) is 0.584. The van der Waals surface area contributed by atoms with Gasteiger partial charge in [-0.2, -0.15) is 9.29 Å². The molecule has 5 rings (SSSR count). The average Bonchev–Trinajstić information content (AvgIpc) is 3.43. The lowest BCUT2D eigenvalue weighted by atomic mass is 9.99. The number of pyridine rings is 1. The third kappa shape index (κ3) is 5.32. The highest BCUT2D eigenvalue weighted by Crippen LogP contribution is 2.39. The van der Waals surface area contributed by atoms with Gasteiger partial charge in [-0.3, -0.25) is 14.3 Å². The van der Waals surface area contributed by atoms with E-state index in [-0.39, 0.29) is 23.7 Å². The van der Waals surface area contributed by atoms with Gasteiger partial charge in [0.1, 0.15) is 5.65 Å². The number of piperidine rings is 1. The monoisotopic (exact) mass is 530 g/mol. The molecule has 11 heteroatoms. The van der Waals surface area contributed by atoms with Crippen LogP contribution in [0, 0.1) is 6.92 Å². The lowest BCUT2D eigenvalue weighted by Crippen LogP contribution is -2.42. The zero-order chi connectivity index (χ0) is 26.4. The number of nitrogens with zero attached hydrogens (tertiary/aromatic N) is 5. The van der Waals surface area contributed by atoms with Crippen LogP contribution in [-0.4, -0.2) is 81.6 Å². The van der Waals surface area contributed by atoms with Gasteiger partial charge in [-0.25, -0.2) is 13.4 Å². The Balaban J connectivity index is 1.30. The van der Waals surface area contributed by atoms with Crippen molar-refractivity contribution in [3.8, 4) is 0 Å². The molecular weight excluding hydrogens is 492 g/mol. The van der Waals surface area contributed by atoms with Crippen molar-refractivity contribution in [2.75, 3.05) is 32.0 Å². The van der Waals surface area contributed by atoms with Crippen molar-refractivity contribution in [3.63, 3.8) is 0 Å². The molecule has 1 unspecified atom stereocenters. The Morgan fingerprint density at radius 2 is 1.92 bits per heavy atom. The molecular formula is C26H38N6O4S. The number of nitrogens with one attached hydrogen (secondary N) is 1. The molecule has 0 amide bonds. The molecule has 3 aliphatic rings. The molecule has 1 saturated carbocycles. The third-order valence-corrected chi connectivity index (χ3v) is 9.92. The first-order valence-corrected chi connectivity index (χ1v) is 14.8. The molecule has 0 aromatic carbocycles. The van der Waals surface area contributed by atoms with E-state index in [1.54, 1.807) is 35.0 Å². The fraction of sp³-hybridized carbons (Fsp3) is 0.654. The van der Waals surface area contributed by atoms with Gasteiger partial charge < -0.3 is 10.4 Å². The van der Waals surface area contributed by atoms with Crippen LogP contribution in [0.4, 0.5) is 5.95 Å². The summed E-state index contributed by atoms with van der Waals surface area (Å²) in [5.41, 5.74) is 0.00645. The summed E-state index contributed by atoms with van der Waals surface area (Å²) in [6.07, 6.45) is 9.09. The first kappa shape index (κ1) is 26.3. The highest BCUT2D eigenvalue weighted by molar-refractivity contribution is 7.92. The number of sulfonamides is 1. The van der Waals surface area contributed by atoms with E-state index >= 15 is 0 Å². The van der Waals surface area contributed by atoms with Gasteiger partial charge >= 0.3 is 0 Å². The van der Waals surface area contributed by atoms with Crippen LogP contribution < -0.4 is 10.9 Å². The summed E-state index contributed by atoms with van der Waals surface area (Å²) in [5.74, 6) is 0.410. The van der Waals surface area contributed by atoms with Gasteiger partial charge in [-0.15, -0.1) is 0 Å². The van der Waals surface area contributed by atoms with Crippen LogP contribution in [0.2, 0.25) is 0 Å². The van der Waals surface area contributed by atoms with Crippen molar-refractivity contribution in [2.45, 2.75) is 82.5 Å². The maximum atomic E-state index is 13.1. The standard InChI is InChI=1S/C26H38N6O4S/c1-18-16-19-17-27-25(29-23(19)32(24(18)33)22-7-4-11-26(22,2)34)28-20-8-13-31(14-9-20)37(35,36)15-10-21-6-5-12-30(21)3/h10,15-17,20-22,34H,4-9,11-14H2,1-3H3,(H,27,28,29)/b15-10+/t21?,22-,26-/m1/s1. The van der Waals surface area contributed by atoms with Crippen molar-refractivity contribution >= 4 is 27.0 Å². The molecule has 2 aliphatic heterocycles. The van der Waals surface area contributed by atoms with Gasteiger partial charge in [0.2, 0.25) is 16.0 Å². The molecule has 3 fully saturated rings. The van der Waals surface area contributed by atoms with E-state index in [4.69, 9.17) is 4.98 Å². The summed E-state index contributed by atoms with van der Waals surface area (Å²) in [7, 11) is -1.42.